The minimum Gasteiger partial charge on any atom is -0.329 e. The lowest BCUT2D eigenvalue weighted by molar-refractivity contribution is 0.0911. The van der Waals surface area contributed by atoms with Gasteiger partial charge in [-0.15, -0.1) is 0 Å². The normalized spacial score (nSPS) is 22.1. The molecule has 0 spiro atoms. The number of hydrogen-bond acceptors (Lipinski definition) is 2. The van der Waals surface area contributed by atoms with Crippen LogP contribution >= 0.6 is 0 Å². The molecule has 2 N–H and O–H groups in total. The van der Waals surface area contributed by atoms with Gasteiger partial charge in [0.05, 0.1) is 0 Å². The molecule has 17 heavy (non-hydrogen) atoms. The second-order valence-electron chi connectivity index (χ2n) is 6.68. The first-order valence-electron chi connectivity index (χ1n) is 7.39. The van der Waals surface area contributed by atoms with E-state index >= 15 is 0 Å². The summed E-state index contributed by atoms with van der Waals surface area (Å²) in [6, 6.07) is 0. The molecule has 1 fully saturated rings. The van der Waals surface area contributed by atoms with Crippen molar-refractivity contribution in [2.24, 2.45) is 17.6 Å². The predicted molar refractivity (Wildman–Crippen MR) is 76.1 cm³/mol. The minimum atomic E-state index is 0.186. The van der Waals surface area contributed by atoms with Gasteiger partial charge in [0.2, 0.25) is 0 Å². The van der Waals surface area contributed by atoms with Gasteiger partial charge in [0.15, 0.2) is 0 Å². The Morgan fingerprint density at radius 2 is 1.82 bits per heavy atom. The van der Waals surface area contributed by atoms with E-state index in [1.807, 2.05) is 0 Å². The van der Waals surface area contributed by atoms with Crippen molar-refractivity contribution < 1.29 is 0 Å². The van der Waals surface area contributed by atoms with Crippen molar-refractivity contribution in [3.63, 3.8) is 0 Å². The van der Waals surface area contributed by atoms with Crippen LogP contribution in [0, 0.1) is 11.8 Å². The molecular weight excluding hydrogens is 208 g/mol. The molecule has 1 saturated carbocycles. The Hall–Kier alpha value is -0.0800. The van der Waals surface area contributed by atoms with Gasteiger partial charge in [-0.1, -0.05) is 33.1 Å². The van der Waals surface area contributed by atoms with Crippen LogP contribution in [0.5, 0.6) is 0 Å². The fourth-order valence-electron chi connectivity index (χ4n) is 3.25. The van der Waals surface area contributed by atoms with E-state index in [0.717, 1.165) is 18.4 Å². The third kappa shape index (κ3) is 4.59. The summed E-state index contributed by atoms with van der Waals surface area (Å²) in [6.07, 6.45) is 8.36. The molecule has 2 heteroatoms. The summed E-state index contributed by atoms with van der Waals surface area (Å²) in [5.41, 5.74) is 6.21. The van der Waals surface area contributed by atoms with Crippen LogP contribution < -0.4 is 5.73 Å². The van der Waals surface area contributed by atoms with Crippen molar-refractivity contribution in [3.05, 3.63) is 0 Å². The number of likely N-dealkylation sites (N-methyl/N-ethyl adjacent to an activating group) is 1. The molecule has 0 heterocycles. The van der Waals surface area contributed by atoms with Crippen LogP contribution in [0.25, 0.3) is 0 Å². The molecule has 0 aromatic heterocycles. The molecule has 1 atom stereocenters. The van der Waals surface area contributed by atoms with Crippen LogP contribution in [0.4, 0.5) is 0 Å². The van der Waals surface area contributed by atoms with Crippen LogP contribution in [0.2, 0.25) is 0 Å². The number of nitrogens with two attached hydrogens (primary N) is 1. The van der Waals surface area contributed by atoms with Gasteiger partial charge in [0.1, 0.15) is 0 Å². The van der Waals surface area contributed by atoms with Crippen molar-refractivity contribution in [2.75, 3.05) is 20.1 Å². The SMILES string of the molecule is CC(C)CC(C)(CN)N(C)CC1CCCCC1. The smallest absolute Gasteiger partial charge is 0.0303 e. The average molecular weight is 240 g/mol. The zero-order valence-electron chi connectivity index (χ0n) is 12.3. The van der Waals surface area contributed by atoms with Crippen LogP contribution in [0.3, 0.4) is 0 Å². The standard InChI is InChI=1S/C15H32N2/c1-13(2)10-15(3,12-16)17(4)11-14-8-6-5-7-9-14/h13-14H,5-12,16H2,1-4H3. The first-order chi connectivity index (χ1) is 7.98. The summed E-state index contributed by atoms with van der Waals surface area (Å²) >= 11 is 0. The van der Waals surface area contributed by atoms with Gasteiger partial charge in [-0.25, -0.2) is 0 Å². The van der Waals surface area contributed by atoms with Gasteiger partial charge >= 0.3 is 0 Å². The Morgan fingerprint density at radius 1 is 1.24 bits per heavy atom. The van der Waals surface area contributed by atoms with Crippen molar-refractivity contribution in [1.29, 1.82) is 0 Å². The van der Waals surface area contributed by atoms with E-state index in [0.29, 0.717) is 0 Å². The van der Waals surface area contributed by atoms with E-state index in [-0.39, 0.29) is 5.54 Å². The van der Waals surface area contributed by atoms with E-state index in [2.05, 4.69) is 32.7 Å². The lowest BCUT2D eigenvalue weighted by Gasteiger charge is -2.41. The molecule has 0 aromatic carbocycles. The molecule has 1 aliphatic rings. The lowest BCUT2D eigenvalue weighted by Crippen LogP contribution is -2.52. The summed E-state index contributed by atoms with van der Waals surface area (Å²) < 4.78 is 0. The highest BCUT2D eigenvalue weighted by Crippen LogP contribution is 2.28. The Balaban J connectivity index is 2.49. The number of nitrogens with zero attached hydrogens (tertiary/aromatic N) is 1. The second-order valence-corrected chi connectivity index (χ2v) is 6.68. The minimum absolute atomic E-state index is 0.186. The number of hydrogen-bond donors (Lipinski definition) is 1. The van der Waals surface area contributed by atoms with Crippen LogP contribution in [0.15, 0.2) is 0 Å². The van der Waals surface area contributed by atoms with Gasteiger partial charge < -0.3 is 5.73 Å². The topological polar surface area (TPSA) is 29.3 Å². The Kier molecular flexibility index (Phi) is 5.94. The molecule has 0 saturated heterocycles. The predicted octanol–water partition coefficient (Wildman–Crippen LogP) is 3.26. The fraction of sp³-hybridized carbons (Fsp3) is 1.00. The highest BCUT2D eigenvalue weighted by atomic mass is 15.2. The van der Waals surface area contributed by atoms with E-state index in [9.17, 15) is 0 Å². The molecule has 102 valence electrons. The van der Waals surface area contributed by atoms with Crippen molar-refractivity contribution in [1.82, 2.24) is 4.90 Å². The maximum atomic E-state index is 6.02. The van der Waals surface area contributed by atoms with Gasteiger partial charge in [-0.2, -0.15) is 0 Å². The lowest BCUT2D eigenvalue weighted by atomic mass is 9.85. The van der Waals surface area contributed by atoms with Crippen LogP contribution in [0.1, 0.15) is 59.3 Å². The molecular formula is C15H32N2. The summed E-state index contributed by atoms with van der Waals surface area (Å²) in [6.45, 7) is 8.93. The van der Waals surface area contributed by atoms with Gasteiger partial charge in [-0.3, -0.25) is 4.90 Å². The van der Waals surface area contributed by atoms with Crippen LogP contribution in [-0.4, -0.2) is 30.6 Å². The quantitative estimate of drug-likeness (QED) is 0.772. The maximum absolute atomic E-state index is 6.02. The van der Waals surface area contributed by atoms with E-state index in [4.69, 9.17) is 5.73 Å². The zero-order chi connectivity index (χ0) is 12.9. The summed E-state index contributed by atoms with van der Waals surface area (Å²) in [7, 11) is 2.27. The van der Waals surface area contributed by atoms with Crippen molar-refractivity contribution in [2.45, 2.75) is 64.8 Å². The molecule has 1 rings (SSSR count). The number of rotatable bonds is 6. The van der Waals surface area contributed by atoms with E-state index in [1.165, 1.54) is 45.1 Å². The van der Waals surface area contributed by atoms with Crippen molar-refractivity contribution >= 4 is 0 Å². The molecule has 2 nitrogen and oxygen atoms in total. The maximum Gasteiger partial charge on any atom is 0.0303 e. The largest absolute Gasteiger partial charge is 0.329 e. The molecule has 0 amide bonds. The molecule has 1 aliphatic carbocycles. The van der Waals surface area contributed by atoms with Gasteiger partial charge in [-0.05, 0) is 45.1 Å². The Morgan fingerprint density at radius 3 is 2.29 bits per heavy atom. The Bertz CT molecular complexity index is 209. The average Bonchev–Trinajstić information content (AvgIpc) is 2.29. The summed E-state index contributed by atoms with van der Waals surface area (Å²) in [4.78, 5) is 2.53. The zero-order valence-corrected chi connectivity index (χ0v) is 12.3. The summed E-state index contributed by atoms with van der Waals surface area (Å²) in [5, 5.41) is 0. The Labute approximate surface area is 108 Å². The van der Waals surface area contributed by atoms with Crippen molar-refractivity contribution in [3.8, 4) is 0 Å². The molecule has 0 bridgehead atoms. The highest BCUT2D eigenvalue weighted by Gasteiger charge is 2.30. The third-order valence-electron chi connectivity index (χ3n) is 4.47. The van der Waals surface area contributed by atoms with E-state index in [1.54, 1.807) is 0 Å². The van der Waals surface area contributed by atoms with Crippen LogP contribution in [-0.2, 0) is 0 Å². The highest BCUT2D eigenvalue weighted by molar-refractivity contribution is 4.87. The molecule has 0 aromatic rings. The fourth-order valence-corrected chi connectivity index (χ4v) is 3.25. The first-order valence-corrected chi connectivity index (χ1v) is 7.39. The van der Waals surface area contributed by atoms with E-state index < -0.39 is 0 Å². The summed E-state index contributed by atoms with van der Waals surface area (Å²) in [5.74, 6) is 1.63. The second kappa shape index (κ2) is 6.75. The monoisotopic (exact) mass is 240 g/mol. The molecule has 1 unspecified atom stereocenters. The molecule has 0 radical (unpaired) electrons. The molecule has 0 aliphatic heterocycles. The third-order valence-corrected chi connectivity index (χ3v) is 4.47. The van der Waals surface area contributed by atoms with Gasteiger partial charge in [0.25, 0.3) is 0 Å². The first kappa shape index (κ1) is 15.0. The van der Waals surface area contributed by atoms with Gasteiger partial charge in [0, 0.05) is 18.6 Å².